The van der Waals surface area contributed by atoms with E-state index in [1.54, 1.807) is 66.2 Å². The summed E-state index contributed by atoms with van der Waals surface area (Å²) >= 11 is 13.7. The lowest BCUT2D eigenvalue weighted by Crippen LogP contribution is -2.30. The summed E-state index contributed by atoms with van der Waals surface area (Å²) in [6.07, 6.45) is 1.93. The van der Waals surface area contributed by atoms with Gasteiger partial charge >= 0.3 is 0 Å². The molecule has 4 aromatic rings. The number of hydrogen-bond donors (Lipinski definition) is 3. The fraction of sp³-hybridized carbons (Fsp3) is 0.0833. The summed E-state index contributed by atoms with van der Waals surface area (Å²) in [4.78, 5) is 4.41. The van der Waals surface area contributed by atoms with Crippen LogP contribution in [0.15, 0.2) is 88.4 Å². The lowest BCUT2D eigenvalue weighted by atomic mass is 10.0. The molecule has 1 aromatic heterocycles. The van der Waals surface area contributed by atoms with E-state index in [-0.39, 0.29) is 10.7 Å². The molecule has 1 atom stereocenters. The van der Waals surface area contributed by atoms with Gasteiger partial charge in [0, 0.05) is 32.7 Å². The maximum atomic E-state index is 13.4. The highest BCUT2D eigenvalue weighted by atomic mass is 35.5. The lowest BCUT2D eigenvalue weighted by Gasteiger charge is -2.18. The van der Waals surface area contributed by atoms with E-state index in [4.69, 9.17) is 34.1 Å². The van der Waals surface area contributed by atoms with E-state index in [0.29, 0.717) is 38.2 Å². The molecule has 0 amide bonds. The first-order valence-corrected chi connectivity index (χ1v) is 13.4. The molecule has 0 aliphatic carbocycles. The molecule has 0 saturated carbocycles. The van der Waals surface area contributed by atoms with Crippen molar-refractivity contribution in [2.24, 2.45) is 10.9 Å². The highest BCUT2D eigenvalue weighted by Gasteiger charge is 2.24. The van der Waals surface area contributed by atoms with Gasteiger partial charge in [0.1, 0.15) is 5.01 Å². The number of hydrogen-bond acceptors (Lipinski definition) is 6. The molecule has 7 nitrogen and oxygen atoms in total. The van der Waals surface area contributed by atoms with Crippen molar-refractivity contribution in [3.8, 4) is 11.1 Å². The summed E-state index contributed by atoms with van der Waals surface area (Å²) < 4.78 is 29.6. The molecule has 4 rings (SSSR count). The van der Waals surface area contributed by atoms with Crippen LogP contribution in [-0.2, 0) is 16.4 Å². The van der Waals surface area contributed by atoms with E-state index < -0.39 is 16.1 Å². The SMILES string of the molecule is NC(=NO)c1cccc(CC(NS(=O)(=O)c2cccc(-c3ccc(Cl)cc3Cl)c2)c2nccs2)c1. The van der Waals surface area contributed by atoms with Crippen molar-refractivity contribution in [1.82, 2.24) is 9.71 Å². The van der Waals surface area contributed by atoms with Gasteiger partial charge in [0.05, 0.1) is 10.9 Å². The molecule has 35 heavy (non-hydrogen) atoms. The van der Waals surface area contributed by atoms with Gasteiger partial charge in [-0.15, -0.1) is 11.3 Å². The molecule has 1 unspecified atom stereocenters. The van der Waals surface area contributed by atoms with Gasteiger partial charge in [-0.3, -0.25) is 0 Å². The molecule has 4 N–H and O–H groups in total. The maximum absolute atomic E-state index is 13.4. The van der Waals surface area contributed by atoms with E-state index in [9.17, 15) is 8.42 Å². The second kappa shape index (κ2) is 10.8. The van der Waals surface area contributed by atoms with Crippen molar-refractivity contribution in [1.29, 1.82) is 0 Å². The number of halogens is 2. The second-order valence-electron chi connectivity index (χ2n) is 7.59. The number of thiazole rings is 1. The third-order valence-corrected chi connectivity index (χ3v) is 8.11. The van der Waals surface area contributed by atoms with Crippen LogP contribution in [0.1, 0.15) is 22.2 Å². The van der Waals surface area contributed by atoms with Gasteiger partial charge in [-0.1, -0.05) is 64.8 Å². The van der Waals surface area contributed by atoms with Gasteiger partial charge in [0.25, 0.3) is 0 Å². The third kappa shape index (κ3) is 6.01. The zero-order chi connectivity index (χ0) is 25.0. The maximum Gasteiger partial charge on any atom is 0.241 e. The van der Waals surface area contributed by atoms with Gasteiger partial charge in [-0.25, -0.2) is 18.1 Å². The van der Waals surface area contributed by atoms with Gasteiger partial charge in [0.15, 0.2) is 5.84 Å². The summed E-state index contributed by atoms with van der Waals surface area (Å²) in [5.41, 5.74) is 8.34. The Labute approximate surface area is 216 Å². The standard InChI is InChI=1S/C24H20Cl2N4O3S2/c25-18-7-8-20(21(26)14-18)16-4-2-6-19(13-16)35(32,33)30-22(24-28-9-10-34-24)12-15-3-1-5-17(11-15)23(27)29-31/h1-11,13-14,22,30-31H,12H2,(H2,27,29). The van der Waals surface area contributed by atoms with Crippen molar-refractivity contribution in [3.05, 3.63) is 104 Å². The summed E-state index contributed by atoms with van der Waals surface area (Å²) in [5, 5.41) is 15.3. The van der Waals surface area contributed by atoms with Crippen molar-refractivity contribution < 1.29 is 13.6 Å². The molecule has 0 radical (unpaired) electrons. The van der Waals surface area contributed by atoms with Gasteiger partial charge in [-0.05, 0) is 47.9 Å². The predicted octanol–water partition coefficient (Wildman–Crippen LogP) is 5.47. The van der Waals surface area contributed by atoms with Crippen LogP contribution in [0.4, 0.5) is 0 Å². The average Bonchev–Trinajstić information content (AvgIpc) is 3.38. The first-order chi connectivity index (χ1) is 16.8. The van der Waals surface area contributed by atoms with E-state index in [1.165, 1.54) is 17.4 Å². The highest BCUT2D eigenvalue weighted by Crippen LogP contribution is 2.32. The molecule has 0 spiro atoms. The summed E-state index contributed by atoms with van der Waals surface area (Å²) in [7, 11) is -3.93. The Hall–Kier alpha value is -2.95. The first kappa shape index (κ1) is 25.2. The minimum absolute atomic E-state index is 0.0316. The summed E-state index contributed by atoms with van der Waals surface area (Å²) in [5.74, 6) is -0.0316. The Balaban J connectivity index is 1.65. The van der Waals surface area contributed by atoms with E-state index in [2.05, 4.69) is 14.9 Å². The number of nitrogens with one attached hydrogen (secondary N) is 1. The predicted molar refractivity (Wildman–Crippen MR) is 140 cm³/mol. The number of nitrogens with two attached hydrogens (primary N) is 1. The molecule has 180 valence electrons. The van der Waals surface area contributed by atoms with Gasteiger partial charge in [0.2, 0.25) is 10.0 Å². The Kier molecular flexibility index (Phi) is 7.73. The Morgan fingerprint density at radius 1 is 1.11 bits per heavy atom. The minimum atomic E-state index is -3.93. The molecule has 0 aliphatic heterocycles. The number of aromatic nitrogens is 1. The smallest absolute Gasteiger partial charge is 0.241 e. The normalized spacial score (nSPS) is 13.0. The second-order valence-corrected chi connectivity index (χ2v) is 11.1. The molecular weight excluding hydrogens is 527 g/mol. The van der Waals surface area contributed by atoms with Crippen LogP contribution in [0.3, 0.4) is 0 Å². The van der Waals surface area contributed by atoms with Crippen LogP contribution in [0, 0.1) is 0 Å². The van der Waals surface area contributed by atoms with Crippen LogP contribution < -0.4 is 10.5 Å². The topological polar surface area (TPSA) is 118 Å². The molecule has 11 heteroatoms. The Morgan fingerprint density at radius 3 is 2.63 bits per heavy atom. The van der Waals surface area contributed by atoms with Crippen molar-refractivity contribution in [3.63, 3.8) is 0 Å². The largest absolute Gasteiger partial charge is 0.409 e. The minimum Gasteiger partial charge on any atom is -0.409 e. The van der Waals surface area contributed by atoms with Crippen LogP contribution in [-0.4, -0.2) is 24.4 Å². The summed E-state index contributed by atoms with van der Waals surface area (Å²) in [6.45, 7) is 0. The molecule has 0 saturated heterocycles. The van der Waals surface area contributed by atoms with Crippen LogP contribution in [0.25, 0.3) is 11.1 Å². The Bertz CT molecular complexity index is 1480. The number of sulfonamides is 1. The molecule has 0 fully saturated rings. The molecule has 3 aromatic carbocycles. The molecule has 0 aliphatic rings. The third-order valence-electron chi connectivity index (χ3n) is 5.20. The lowest BCUT2D eigenvalue weighted by molar-refractivity contribution is 0.318. The zero-order valence-corrected chi connectivity index (χ0v) is 21.2. The first-order valence-electron chi connectivity index (χ1n) is 10.3. The molecular formula is C24H20Cl2N4O3S2. The van der Waals surface area contributed by atoms with Crippen molar-refractivity contribution in [2.45, 2.75) is 17.4 Å². The molecule has 1 heterocycles. The van der Waals surface area contributed by atoms with E-state index in [0.717, 1.165) is 5.56 Å². The van der Waals surface area contributed by atoms with Crippen molar-refractivity contribution >= 4 is 50.4 Å². The van der Waals surface area contributed by atoms with Crippen LogP contribution in [0.5, 0.6) is 0 Å². The average molecular weight is 547 g/mol. The van der Waals surface area contributed by atoms with Gasteiger partial charge < -0.3 is 10.9 Å². The fourth-order valence-electron chi connectivity index (χ4n) is 3.55. The number of rotatable bonds is 8. The molecule has 0 bridgehead atoms. The number of oxime groups is 1. The van der Waals surface area contributed by atoms with Crippen molar-refractivity contribution in [2.75, 3.05) is 0 Å². The van der Waals surface area contributed by atoms with E-state index in [1.807, 2.05) is 6.07 Å². The monoisotopic (exact) mass is 546 g/mol. The van der Waals surface area contributed by atoms with Gasteiger partial charge in [-0.2, -0.15) is 0 Å². The summed E-state index contributed by atoms with van der Waals surface area (Å²) in [6, 6.07) is 18.0. The number of nitrogens with zero attached hydrogens (tertiary/aromatic N) is 2. The highest BCUT2D eigenvalue weighted by molar-refractivity contribution is 7.89. The van der Waals surface area contributed by atoms with Crippen LogP contribution in [0.2, 0.25) is 10.0 Å². The fourth-order valence-corrected chi connectivity index (χ4v) is 6.07. The van der Waals surface area contributed by atoms with E-state index >= 15 is 0 Å². The zero-order valence-electron chi connectivity index (χ0n) is 18.1. The quantitative estimate of drug-likeness (QED) is 0.117. The Morgan fingerprint density at radius 2 is 1.91 bits per heavy atom. The number of amidine groups is 1. The number of benzene rings is 3. The van der Waals surface area contributed by atoms with Crippen LogP contribution >= 0.6 is 34.5 Å².